The fourth-order valence-electron chi connectivity index (χ4n) is 1.48. The molecule has 1 aromatic rings. The van der Waals surface area contributed by atoms with Crippen LogP contribution in [0.3, 0.4) is 0 Å². The Bertz CT molecular complexity index is 477. The summed E-state index contributed by atoms with van der Waals surface area (Å²) in [6.45, 7) is 3.33. The number of anilines is 2. The molecule has 1 atom stereocenters. The molecule has 0 heterocycles. The number of halogens is 1. The van der Waals surface area contributed by atoms with Crippen LogP contribution in [0.5, 0.6) is 0 Å². The van der Waals surface area contributed by atoms with Crippen molar-refractivity contribution in [3.05, 3.63) is 23.2 Å². The van der Waals surface area contributed by atoms with Gasteiger partial charge in [0.05, 0.1) is 10.7 Å². The van der Waals surface area contributed by atoms with Gasteiger partial charge in [-0.15, -0.1) is 0 Å². The Kier molecular flexibility index (Phi) is 5.79. The first-order valence-electron chi connectivity index (χ1n) is 6.05. The number of hydrogen-bond donors (Lipinski definition) is 3. The summed E-state index contributed by atoms with van der Waals surface area (Å²) in [5.74, 6) is -0.356. The summed E-state index contributed by atoms with van der Waals surface area (Å²) >= 11 is 6.00. The second-order valence-corrected chi connectivity index (χ2v) is 4.70. The van der Waals surface area contributed by atoms with Crippen molar-refractivity contribution in [2.45, 2.75) is 32.7 Å². The topological polar surface area (TPSA) is 84.2 Å². The van der Waals surface area contributed by atoms with E-state index in [1.807, 2.05) is 6.92 Å². The molecular formula is C13H18ClN3O2. The molecule has 2 amide bonds. The lowest BCUT2D eigenvalue weighted by atomic mass is 10.1. The van der Waals surface area contributed by atoms with Crippen LogP contribution in [0.15, 0.2) is 18.2 Å². The zero-order valence-electron chi connectivity index (χ0n) is 11.0. The van der Waals surface area contributed by atoms with Crippen molar-refractivity contribution in [3.8, 4) is 0 Å². The van der Waals surface area contributed by atoms with Gasteiger partial charge in [-0.05, 0) is 24.6 Å². The predicted molar refractivity (Wildman–Crippen MR) is 77.3 cm³/mol. The third kappa shape index (κ3) is 5.28. The minimum Gasteiger partial charge on any atom is -0.327 e. The second kappa shape index (κ2) is 7.11. The fraction of sp³-hybridized carbons (Fsp3) is 0.385. The van der Waals surface area contributed by atoms with Gasteiger partial charge in [0.2, 0.25) is 11.8 Å². The van der Waals surface area contributed by atoms with Crippen LogP contribution in [0.1, 0.15) is 26.7 Å². The minimum absolute atomic E-state index is 0.144. The zero-order chi connectivity index (χ0) is 14.4. The molecule has 0 spiro atoms. The van der Waals surface area contributed by atoms with Crippen LogP contribution in [-0.4, -0.2) is 17.9 Å². The van der Waals surface area contributed by atoms with E-state index in [0.29, 0.717) is 16.4 Å². The molecule has 104 valence electrons. The molecule has 19 heavy (non-hydrogen) atoms. The molecule has 0 saturated heterocycles. The average Bonchev–Trinajstić information content (AvgIpc) is 2.32. The molecule has 0 aliphatic rings. The Morgan fingerprint density at radius 1 is 1.37 bits per heavy atom. The minimum atomic E-state index is -0.201. The SMILES string of the molecule is CCC(N)CC(=O)Nc1ccc(NC(C)=O)c(Cl)c1. The van der Waals surface area contributed by atoms with Gasteiger partial charge >= 0.3 is 0 Å². The molecule has 0 aromatic heterocycles. The molecule has 1 rings (SSSR count). The Morgan fingerprint density at radius 2 is 2.05 bits per heavy atom. The highest BCUT2D eigenvalue weighted by Crippen LogP contribution is 2.25. The van der Waals surface area contributed by atoms with Gasteiger partial charge in [0.25, 0.3) is 0 Å². The van der Waals surface area contributed by atoms with E-state index in [2.05, 4.69) is 10.6 Å². The molecule has 0 aliphatic heterocycles. The van der Waals surface area contributed by atoms with E-state index in [1.165, 1.54) is 6.92 Å². The molecule has 1 aromatic carbocycles. The van der Waals surface area contributed by atoms with Gasteiger partial charge in [0.1, 0.15) is 0 Å². The highest BCUT2D eigenvalue weighted by molar-refractivity contribution is 6.34. The van der Waals surface area contributed by atoms with E-state index >= 15 is 0 Å². The van der Waals surface area contributed by atoms with E-state index < -0.39 is 0 Å². The third-order valence-corrected chi connectivity index (χ3v) is 2.85. The Labute approximate surface area is 117 Å². The Balaban J connectivity index is 2.68. The summed E-state index contributed by atoms with van der Waals surface area (Å²) in [5.41, 5.74) is 6.79. The maximum atomic E-state index is 11.7. The standard InChI is InChI=1S/C13H18ClN3O2/c1-3-9(15)6-13(19)17-10-4-5-12(11(14)7-10)16-8(2)18/h4-5,7,9H,3,6,15H2,1-2H3,(H,16,18)(H,17,19). The summed E-state index contributed by atoms with van der Waals surface area (Å²) < 4.78 is 0. The fourth-order valence-corrected chi connectivity index (χ4v) is 1.71. The van der Waals surface area contributed by atoms with E-state index in [1.54, 1.807) is 18.2 Å². The first-order chi connectivity index (χ1) is 8.92. The molecule has 0 radical (unpaired) electrons. The molecule has 4 N–H and O–H groups in total. The monoisotopic (exact) mass is 283 g/mol. The first-order valence-corrected chi connectivity index (χ1v) is 6.42. The van der Waals surface area contributed by atoms with Crippen LogP contribution in [0.2, 0.25) is 5.02 Å². The second-order valence-electron chi connectivity index (χ2n) is 4.30. The first kappa shape index (κ1) is 15.5. The molecule has 1 unspecified atom stereocenters. The summed E-state index contributed by atoms with van der Waals surface area (Å²) in [6.07, 6.45) is 1.01. The van der Waals surface area contributed by atoms with E-state index in [4.69, 9.17) is 17.3 Å². The number of carbonyl (C=O) groups is 2. The van der Waals surface area contributed by atoms with Crippen molar-refractivity contribution in [2.24, 2.45) is 5.73 Å². The van der Waals surface area contributed by atoms with Crippen LogP contribution in [-0.2, 0) is 9.59 Å². The number of rotatable bonds is 5. The van der Waals surface area contributed by atoms with Gasteiger partial charge < -0.3 is 16.4 Å². The van der Waals surface area contributed by atoms with Crippen molar-refractivity contribution >= 4 is 34.8 Å². The van der Waals surface area contributed by atoms with Gasteiger partial charge in [-0.2, -0.15) is 0 Å². The Hall–Kier alpha value is -1.59. The number of hydrogen-bond acceptors (Lipinski definition) is 3. The van der Waals surface area contributed by atoms with E-state index in [0.717, 1.165) is 6.42 Å². The zero-order valence-corrected chi connectivity index (χ0v) is 11.8. The van der Waals surface area contributed by atoms with Crippen LogP contribution >= 0.6 is 11.6 Å². The van der Waals surface area contributed by atoms with Crippen molar-refractivity contribution < 1.29 is 9.59 Å². The van der Waals surface area contributed by atoms with Crippen molar-refractivity contribution in [1.29, 1.82) is 0 Å². The molecular weight excluding hydrogens is 266 g/mol. The normalized spacial score (nSPS) is 11.8. The molecule has 0 saturated carbocycles. The number of benzene rings is 1. The van der Waals surface area contributed by atoms with Gasteiger partial charge in [-0.3, -0.25) is 9.59 Å². The van der Waals surface area contributed by atoms with Crippen LogP contribution in [0.4, 0.5) is 11.4 Å². The van der Waals surface area contributed by atoms with Crippen LogP contribution in [0.25, 0.3) is 0 Å². The number of nitrogens with two attached hydrogens (primary N) is 1. The lowest BCUT2D eigenvalue weighted by Crippen LogP contribution is -2.26. The smallest absolute Gasteiger partial charge is 0.225 e. The van der Waals surface area contributed by atoms with Crippen molar-refractivity contribution in [3.63, 3.8) is 0 Å². The van der Waals surface area contributed by atoms with Gasteiger partial charge in [0, 0.05) is 25.1 Å². The van der Waals surface area contributed by atoms with Crippen molar-refractivity contribution in [1.82, 2.24) is 0 Å². The molecule has 0 bridgehead atoms. The van der Waals surface area contributed by atoms with Gasteiger partial charge in [-0.1, -0.05) is 18.5 Å². The largest absolute Gasteiger partial charge is 0.327 e. The van der Waals surface area contributed by atoms with Crippen LogP contribution in [0, 0.1) is 0 Å². The number of carbonyl (C=O) groups excluding carboxylic acids is 2. The number of amides is 2. The molecule has 0 aliphatic carbocycles. The summed E-state index contributed by atoms with van der Waals surface area (Å²) in [7, 11) is 0. The predicted octanol–water partition coefficient (Wildman–Crippen LogP) is 2.36. The summed E-state index contributed by atoms with van der Waals surface area (Å²) in [6, 6.07) is 4.75. The quantitative estimate of drug-likeness (QED) is 0.775. The van der Waals surface area contributed by atoms with Crippen LogP contribution < -0.4 is 16.4 Å². The summed E-state index contributed by atoms with van der Waals surface area (Å²) in [5, 5.41) is 5.67. The van der Waals surface area contributed by atoms with Crippen molar-refractivity contribution in [2.75, 3.05) is 10.6 Å². The van der Waals surface area contributed by atoms with Gasteiger partial charge in [0.15, 0.2) is 0 Å². The van der Waals surface area contributed by atoms with E-state index in [-0.39, 0.29) is 24.3 Å². The summed E-state index contributed by atoms with van der Waals surface area (Å²) in [4.78, 5) is 22.6. The third-order valence-electron chi connectivity index (χ3n) is 2.54. The maximum absolute atomic E-state index is 11.7. The number of nitrogens with one attached hydrogen (secondary N) is 2. The highest BCUT2D eigenvalue weighted by atomic mass is 35.5. The van der Waals surface area contributed by atoms with Gasteiger partial charge in [-0.25, -0.2) is 0 Å². The lowest BCUT2D eigenvalue weighted by Gasteiger charge is -2.11. The molecule has 5 nitrogen and oxygen atoms in total. The lowest BCUT2D eigenvalue weighted by molar-refractivity contribution is -0.116. The van der Waals surface area contributed by atoms with E-state index in [9.17, 15) is 9.59 Å². The highest BCUT2D eigenvalue weighted by Gasteiger charge is 2.09. The maximum Gasteiger partial charge on any atom is 0.225 e. The Morgan fingerprint density at radius 3 is 2.58 bits per heavy atom. The average molecular weight is 284 g/mol. The molecule has 6 heteroatoms. The molecule has 0 fully saturated rings.